The third-order valence-corrected chi connectivity index (χ3v) is 8.00. The van der Waals surface area contributed by atoms with Crippen LogP contribution >= 0.6 is 0 Å². The molecule has 5 nitrogen and oxygen atoms in total. The number of aromatic amines is 1. The number of anilines is 2. The predicted molar refractivity (Wildman–Crippen MR) is 148 cm³/mol. The number of carbonyl (C=O) groups is 1. The van der Waals surface area contributed by atoms with Crippen LogP contribution in [0.3, 0.4) is 0 Å². The van der Waals surface area contributed by atoms with Crippen molar-refractivity contribution in [2.45, 2.75) is 24.9 Å². The quantitative estimate of drug-likeness (QED) is 0.294. The van der Waals surface area contributed by atoms with Gasteiger partial charge in [-0.2, -0.15) is 13.2 Å². The van der Waals surface area contributed by atoms with Crippen molar-refractivity contribution < 1.29 is 18.0 Å². The van der Waals surface area contributed by atoms with Gasteiger partial charge < -0.3 is 15.2 Å². The Labute approximate surface area is 225 Å². The van der Waals surface area contributed by atoms with Crippen LogP contribution in [0.2, 0.25) is 0 Å². The summed E-state index contributed by atoms with van der Waals surface area (Å²) >= 11 is 0. The van der Waals surface area contributed by atoms with Crippen LogP contribution in [0.15, 0.2) is 79.0 Å². The number of halogens is 3. The van der Waals surface area contributed by atoms with Crippen LogP contribution < -0.4 is 10.2 Å². The van der Waals surface area contributed by atoms with Gasteiger partial charge in [0.15, 0.2) is 0 Å². The Morgan fingerprint density at radius 3 is 2.51 bits per heavy atom. The number of benzene rings is 3. The third-order valence-electron chi connectivity index (χ3n) is 8.00. The van der Waals surface area contributed by atoms with E-state index in [-0.39, 0.29) is 11.8 Å². The summed E-state index contributed by atoms with van der Waals surface area (Å²) in [6, 6.07) is 21.8. The molecule has 202 valence electrons. The summed E-state index contributed by atoms with van der Waals surface area (Å²) in [4.78, 5) is 20.6. The van der Waals surface area contributed by atoms with Gasteiger partial charge in [-0.25, -0.2) is 0 Å². The molecule has 1 saturated heterocycles. The molecule has 4 aromatic rings. The number of aromatic nitrogens is 1. The molecule has 1 aliphatic carbocycles. The van der Waals surface area contributed by atoms with Crippen molar-refractivity contribution in [3.05, 3.63) is 95.7 Å². The highest BCUT2D eigenvalue weighted by atomic mass is 19.4. The van der Waals surface area contributed by atoms with Crippen molar-refractivity contribution in [1.29, 1.82) is 0 Å². The Hall–Kier alpha value is -3.78. The number of nitrogens with zero attached hydrogens (tertiary/aromatic N) is 2. The van der Waals surface area contributed by atoms with E-state index in [1.807, 2.05) is 47.5 Å². The average molecular weight is 533 g/mol. The van der Waals surface area contributed by atoms with Gasteiger partial charge in [0.2, 0.25) is 5.91 Å². The van der Waals surface area contributed by atoms with Crippen molar-refractivity contribution in [3.8, 4) is 0 Å². The van der Waals surface area contributed by atoms with Gasteiger partial charge in [0.1, 0.15) is 0 Å². The number of piperazine rings is 1. The van der Waals surface area contributed by atoms with Crippen LogP contribution in [0, 0.1) is 5.92 Å². The van der Waals surface area contributed by atoms with Gasteiger partial charge >= 0.3 is 6.18 Å². The Kier molecular flexibility index (Phi) is 6.81. The molecule has 1 aliphatic heterocycles. The molecule has 1 aromatic heterocycles. The highest BCUT2D eigenvalue weighted by Gasteiger charge is 2.43. The summed E-state index contributed by atoms with van der Waals surface area (Å²) in [5.74, 6) is 0.383. The summed E-state index contributed by atoms with van der Waals surface area (Å²) in [7, 11) is 0. The number of alkyl halides is 3. The monoisotopic (exact) mass is 532 g/mol. The molecule has 39 heavy (non-hydrogen) atoms. The van der Waals surface area contributed by atoms with Crippen molar-refractivity contribution in [2.75, 3.05) is 42.9 Å². The normalized spacial score (nSPS) is 19.8. The molecule has 0 unspecified atom stereocenters. The Balaban J connectivity index is 1.04. The van der Waals surface area contributed by atoms with E-state index in [1.54, 1.807) is 6.07 Å². The molecule has 0 bridgehead atoms. The Morgan fingerprint density at radius 2 is 1.74 bits per heavy atom. The zero-order valence-electron chi connectivity index (χ0n) is 21.5. The van der Waals surface area contributed by atoms with E-state index in [9.17, 15) is 18.0 Å². The van der Waals surface area contributed by atoms with Gasteiger partial charge in [-0.05, 0) is 66.3 Å². The molecule has 8 heteroatoms. The summed E-state index contributed by atoms with van der Waals surface area (Å²) in [6.45, 7) is 3.83. The number of amides is 1. The topological polar surface area (TPSA) is 51.4 Å². The molecule has 2 N–H and O–H groups in total. The summed E-state index contributed by atoms with van der Waals surface area (Å²) in [6.07, 6.45) is -0.571. The zero-order chi connectivity index (χ0) is 27.0. The maximum absolute atomic E-state index is 13.1. The number of H-pyrrole nitrogens is 1. The van der Waals surface area contributed by atoms with Crippen molar-refractivity contribution >= 4 is 28.2 Å². The molecule has 1 saturated carbocycles. The van der Waals surface area contributed by atoms with Crippen LogP contribution in [0.5, 0.6) is 0 Å². The predicted octanol–water partition coefficient (Wildman–Crippen LogP) is 6.29. The fourth-order valence-electron chi connectivity index (χ4n) is 5.64. The Morgan fingerprint density at radius 1 is 0.949 bits per heavy atom. The first-order chi connectivity index (χ1) is 18.8. The van der Waals surface area contributed by atoms with E-state index in [4.69, 9.17) is 0 Å². The van der Waals surface area contributed by atoms with E-state index < -0.39 is 11.7 Å². The first-order valence-corrected chi connectivity index (χ1v) is 13.5. The maximum Gasteiger partial charge on any atom is 0.416 e. The minimum Gasteiger partial charge on any atom is -0.369 e. The van der Waals surface area contributed by atoms with Crippen LogP contribution in [0.25, 0.3) is 10.9 Å². The van der Waals surface area contributed by atoms with Crippen LogP contribution in [-0.2, 0) is 17.4 Å². The number of hydrogen-bond acceptors (Lipinski definition) is 3. The molecule has 2 aliphatic rings. The molecule has 0 spiro atoms. The second kappa shape index (κ2) is 10.4. The standard InChI is InChI=1S/C31H31F3N4O/c32-31(33,34)23-7-4-8-25(17-23)38-15-13-37(14-16-38)12-11-22-20-35-29-10-9-24(18-27(22)29)36-30(39)28-19-26(28)21-5-2-1-3-6-21/h1-10,17-18,20,26,28,35H,11-16,19H2,(H,36,39)/t26-,28-/m0/s1. The SMILES string of the molecule is O=C(Nc1ccc2[nH]cc(CCN3CCN(c4cccc(C(F)(F)F)c4)CC3)c2c1)[C@H]1C[C@H]1c1ccccc1. The molecule has 1 amide bonds. The van der Waals surface area contributed by atoms with Gasteiger partial charge in [-0.3, -0.25) is 9.69 Å². The molecule has 2 heterocycles. The third kappa shape index (κ3) is 5.66. The summed E-state index contributed by atoms with van der Waals surface area (Å²) in [5, 5.41) is 4.22. The second-order valence-corrected chi connectivity index (χ2v) is 10.5. The van der Waals surface area contributed by atoms with Gasteiger partial charge in [0.05, 0.1) is 5.56 Å². The van der Waals surface area contributed by atoms with E-state index >= 15 is 0 Å². The van der Waals surface area contributed by atoms with Crippen molar-refractivity contribution in [1.82, 2.24) is 9.88 Å². The van der Waals surface area contributed by atoms with E-state index in [2.05, 4.69) is 27.3 Å². The van der Waals surface area contributed by atoms with Crippen molar-refractivity contribution in [3.63, 3.8) is 0 Å². The lowest BCUT2D eigenvalue weighted by Gasteiger charge is -2.36. The van der Waals surface area contributed by atoms with E-state index in [0.717, 1.165) is 55.1 Å². The lowest BCUT2D eigenvalue weighted by molar-refractivity contribution is -0.137. The fraction of sp³-hybridized carbons (Fsp3) is 0.323. The molecule has 6 rings (SSSR count). The smallest absolute Gasteiger partial charge is 0.369 e. The number of hydrogen-bond donors (Lipinski definition) is 2. The van der Waals surface area contributed by atoms with Gasteiger partial charge in [-0.1, -0.05) is 36.4 Å². The maximum atomic E-state index is 13.1. The molecular weight excluding hydrogens is 501 g/mol. The fourth-order valence-corrected chi connectivity index (χ4v) is 5.64. The zero-order valence-corrected chi connectivity index (χ0v) is 21.5. The van der Waals surface area contributed by atoms with Gasteiger partial charge in [0, 0.05) is 67.1 Å². The number of fused-ring (bicyclic) bond motifs is 1. The van der Waals surface area contributed by atoms with Gasteiger partial charge in [0.25, 0.3) is 0 Å². The molecular formula is C31H31F3N4O. The summed E-state index contributed by atoms with van der Waals surface area (Å²) in [5.41, 5.74) is 4.27. The second-order valence-electron chi connectivity index (χ2n) is 10.5. The van der Waals surface area contributed by atoms with E-state index in [1.165, 1.54) is 23.3 Å². The van der Waals surface area contributed by atoms with E-state index in [0.29, 0.717) is 24.7 Å². The average Bonchev–Trinajstić information content (AvgIpc) is 3.66. The minimum atomic E-state index is -4.33. The first-order valence-electron chi connectivity index (χ1n) is 13.5. The van der Waals surface area contributed by atoms with Crippen molar-refractivity contribution in [2.24, 2.45) is 5.92 Å². The highest BCUT2D eigenvalue weighted by Crippen LogP contribution is 2.48. The molecule has 2 fully saturated rings. The van der Waals surface area contributed by atoms with Crippen LogP contribution in [-0.4, -0.2) is 48.5 Å². The number of carbonyl (C=O) groups excluding carboxylic acids is 1. The molecule has 3 aromatic carbocycles. The number of rotatable bonds is 7. The lowest BCUT2D eigenvalue weighted by Crippen LogP contribution is -2.47. The first kappa shape index (κ1) is 25.5. The molecule has 2 atom stereocenters. The lowest BCUT2D eigenvalue weighted by atomic mass is 10.1. The summed E-state index contributed by atoms with van der Waals surface area (Å²) < 4.78 is 39.3. The Bertz CT molecular complexity index is 1460. The highest BCUT2D eigenvalue weighted by molar-refractivity contribution is 5.97. The molecule has 0 radical (unpaired) electrons. The van der Waals surface area contributed by atoms with Gasteiger partial charge in [-0.15, -0.1) is 0 Å². The largest absolute Gasteiger partial charge is 0.416 e. The minimum absolute atomic E-state index is 0.0170. The van der Waals surface area contributed by atoms with Crippen LogP contribution in [0.4, 0.5) is 24.5 Å². The van der Waals surface area contributed by atoms with Crippen LogP contribution in [0.1, 0.15) is 29.0 Å². The number of nitrogens with one attached hydrogen (secondary N) is 2.